The number of hydrogen-bond donors (Lipinski definition) is 1. The highest BCUT2D eigenvalue weighted by molar-refractivity contribution is 5.76. The van der Waals surface area contributed by atoms with Gasteiger partial charge in [0.15, 0.2) is 0 Å². The predicted molar refractivity (Wildman–Crippen MR) is 48.3 cm³/mol. The largest absolute Gasteiger partial charge is 0.391 e. The van der Waals surface area contributed by atoms with Crippen LogP contribution in [0.15, 0.2) is 0 Å². The number of carbonyl (C=O) groups excluding carboxylic acids is 1. The summed E-state index contributed by atoms with van der Waals surface area (Å²) in [6.07, 6.45) is 1.70. The number of likely N-dealkylation sites (tertiary alicyclic amines) is 1. The Balaban J connectivity index is 2.16. The van der Waals surface area contributed by atoms with Crippen molar-refractivity contribution in [2.24, 2.45) is 0 Å². The van der Waals surface area contributed by atoms with Crippen LogP contribution in [0.2, 0.25) is 0 Å². The Morgan fingerprint density at radius 1 is 1.69 bits per heavy atom. The number of rotatable bonds is 4. The molecule has 1 saturated heterocycles. The minimum Gasteiger partial charge on any atom is -0.391 e. The highest BCUT2D eigenvalue weighted by Crippen LogP contribution is 2.10. The third-order valence-electron chi connectivity index (χ3n) is 2.26. The average molecular weight is 187 g/mol. The predicted octanol–water partition coefficient (Wildman–Crippen LogP) is 0.00620. The van der Waals surface area contributed by atoms with Crippen LogP contribution in [0.3, 0.4) is 0 Å². The van der Waals surface area contributed by atoms with Crippen LogP contribution in [-0.4, -0.2) is 48.8 Å². The number of methoxy groups -OCH3 is 1. The minimum atomic E-state index is -0.314. The normalized spacial score (nSPS) is 22.3. The second kappa shape index (κ2) is 5.19. The average Bonchev–Trinajstić information content (AvgIpc) is 2.52. The molecule has 0 aromatic heterocycles. The van der Waals surface area contributed by atoms with Gasteiger partial charge in [0.2, 0.25) is 5.91 Å². The van der Waals surface area contributed by atoms with Crippen molar-refractivity contribution >= 4 is 5.91 Å². The van der Waals surface area contributed by atoms with E-state index in [1.165, 1.54) is 0 Å². The van der Waals surface area contributed by atoms with Crippen molar-refractivity contribution < 1.29 is 14.6 Å². The molecular formula is C9H17NO3. The molecule has 1 fully saturated rings. The van der Waals surface area contributed by atoms with Gasteiger partial charge >= 0.3 is 0 Å². The molecule has 0 aromatic rings. The van der Waals surface area contributed by atoms with Crippen LogP contribution >= 0.6 is 0 Å². The number of nitrogens with zero attached hydrogens (tertiary/aromatic N) is 1. The van der Waals surface area contributed by atoms with Crippen LogP contribution in [0.25, 0.3) is 0 Å². The van der Waals surface area contributed by atoms with Crippen molar-refractivity contribution in [1.29, 1.82) is 0 Å². The molecular weight excluding hydrogens is 170 g/mol. The standard InChI is InChI=1S/C9H17NO3/c1-13-6-2-3-9(12)10-5-4-8(11)7-10/h8,11H,2-7H2,1H3/t8-/m0/s1. The number of amides is 1. The van der Waals surface area contributed by atoms with Crippen molar-refractivity contribution in [2.75, 3.05) is 26.8 Å². The Morgan fingerprint density at radius 2 is 2.46 bits per heavy atom. The smallest absolute Gasteiger partial charge is 0.222 e. The third-order valence-corrected chi connectivity index (χ3v) is 2.26. The molecule has 0 spiro atoms. The van der Waals surface area contributed by atoms with E-state index in [0.717, 1.165) is 12.8 Å². The summed E-state index contributed by atoms with van der Waals surface area (Å²) in [5.74, 6) is 0.133. The summed E-state index contributed by atoms with van der Waals surface area (Å²) in [6, 6.07) is 0. The van der Waals surface area contributed by atoms with Gasteiger partial charge in [-0.15, -0.1) is 0 Å². The number of β-amino-alcohol motifs (C(OH)–C–C–N with tert-alkyl or cyclic N) is 1. The van der Waals surface area contributed by atoms with Crippen molar-refractivity contribution in [1.82, 2.24) is 4.90 Å². The van der Waals surface area contributed by atoms with Gasteiger partial charge in [-0.2, -0.15) is 0 Å². The van der Waals surface area contributed by atoms with E-state index in [1.54, 1.807) is 12.0 Å². The van der Waals surface area contributed by atoms with Crippen LogP contribution in [0.1, 0.15) is 19.3 Å². The first-order valence-electron chi connectivity index (χ1n) is 4.69. The zero-order chi connectivity index (χ0) is 9.68. The van der Waals surface area contributed by atoms with Crippen LogP contribution in [0, 0.1) is 0 Å². The number of aliphatic hydroxyl groups excluding tert-OH is 1. The molecule has 1 heterocycles. The summed E-state index contributed by atoms with van der Waals surface area (Å²) in [4.78, 5) is 13.1. The fourth-order valence-electron chi connectivity index (χ4n) is 1.49. The molecule has 1 rings (SSSR count). The Bertz CT molecular complexity index is 172. The molecule has 0 radical (unpaired) electrons. The van der Waals surface area contributed by atoms with Gasteiger partial charge in [-0.05, 0) is 12.8 Å². The van der Waals surface area contributed by atoms with Gasteiger partial charge in [0.1, 0.15) is 0 Å². The number of carbonyl (C=O) groups is 1. The summed E-state index contributed by atoms with van der Waals surface area (Å²) in [5, 5.41) is 9.20. The third kappa shape index (κ3) is 3.32. The second-order valence-electron chi connectivity index (χ2n) is 3.38. The maximum atomic E-state index is 11.4. The van der Waals surface area contributed by atoms with Crippen LogP contribution in [-0.2, 0) is 9.53 Å². The Labute approximate surface area is 78.5 Å². The highest BCUT2D eigenvalue weighted by Gasteiger charge is 2.23. The molecule has 4 nitrogen and oxygen atoms in total. The molecule has 76 valence electrons. The lowest BCUT2D eigenvalue weighted by molar-refractivity contribution is -0.130. The molecule has 0 unspecified atom stereocenters. The first kappa shape index (κ1) is 10.5. The molecule has 13 heavy (non-hydrogen) atoms. The summed E-state index contributed by atoms with van der Waals surface area (Å²) in [5.41, 5.74) is 0. The molecule has 1 amide bonds. The van der Waals surface area contributed by atoms with Crippen LogP contribution < -0.4 is 0 Å². The topological polar surface area (TPSA) is 49.8 Å². The fourth-order valence-corrected chi connectivity index (χ4v) is 1.49. The Morgan fingerprint density at radius 3 is 3.00 bits per heavy atom. The monoisotopic (exact) mass is 187 g/mol. The van der Waals surface area contributed by atoms with Gasteiger partial charge in [0.25, 0.3) is 0 Å². The minimum absolute atomic E-state index is 0.133. The summed E-state index contributed by atoms with van der Waals surface area (Å²) < 4.78 is 4.86. The molecule has 1 atom stereocenters. The van der Waals surface area contributed by atoms with E-state index in [1.807, 2.05) is 0 Å². The maximum Gasteiger partial charge on any atom is 0.222 e. The summed E-state index contributed by atoms with van der Waals surface area (Å²) >= 11 is 0. The van der Waals surface area contributed by atoms with Crippen molar-refractivity contribution in [3.63, 3.8) is 0 Å². The molecule has 4 heteroatoms. The van der Waals surface area contributed by atoms with Crippen LogP contribution in [0.5, 0.6) is 0 Å². The van der Waals surface area contributed by atoms with Crippen molar-refractivity contribution in [3.05, 3.63) is 0 Å². The molecule has 1 N–H and O–H groups in total. The van der Waals surface area contributed by atoms with Gasteiger partial charge in [-0.3, -0.25) is 4.79 Å². The molecule has 0 bridgehead atoms. The van der Waals surface area contributed by atoms with Crippen LogP contribution in [0.4, 0.5) is 0 Å². The van der Waals surface area contributed by atoms with Gasteiger partial charge < -0.3 is 14.7 Å². The number of ether oxygens (including phenoxy) is 1. The lowest BCUT2D eigenvalue weighted by Crippen LogP contribution is -2.29. The Kier molecular flexibility index (Phi) is 4.18. The van der Waals surface area contributed by atoms with E-state index in [0.29, 0.717) is 26.1 Å². The molecule has 1 aliphatic rings. The number of aliphatic hydroxyl groups is 1. The molecule has 0 aromatic carbocycles. The summed E-state index contributed by atoms with van der Waals surface area (Å²) in [6.45, 7) is 1.83. The van der Waals surface area contributed by atoms with Gasteiger partial charge in [0, 0.05) is 33.2 Å². The fraction of sp³-hybridized carbons (Fsp3) is 0.889. The quantitative estimate of drug-likeness (QED) is 0.630. The molecule has 0 saturated carbocycles. The Hall–Kier alpha value is -0.610. The van der Waals surface area contributed by atoms with E-state index >= 15 is 0 Å². The van der Waals surface area contributed by atoms with E-state index < -0.39 is 0 Å². The SMILES string of the molecule is COCCCC(=O)N1CC[C@H](O)C1. The first-order valence-corrected chi connectivity index (χ1v) is 4.69. The number of hydrogen-bond acceptors (Lipinski definition) is 3. The van der Waals surface area contributed by atoms with Gasteiger partial charge in [-0.1, -0.05) is 0 Å². The molecule has 0 aliphatic carbocycles. The highest BCUT2D eigenvalue weighted by atomic mass is 16.5. The van der Waals surface area contributed by atoms with Gasteiger partial charge in [-0.25, -0.2) is 0 Å². The first-order chi connectivity index (χ1) is 6.24. The summed E-state index contributed by atoms with van der Waals surface area (Å²) in [7, 11) is 1.63. The van der Waals surface area contributed by atoms with E-state index in [4.69, 9.17) is 4.74 Å². The lowest BCUT2D eigenvalue weighted by atomic mass is 10.3. The lowest BCUT2D eigenvalue weighted by Gasteiger charge is -2.14. The van der Waals surface area contributed by atoms with E-state index in [2.05, 4.69) is 0 Å². The second-order valence-corrected chi connectivity index (χ2v) is 3.38. The zero-order valence-corrected chi connectivity index (χ0v) is 8.03. The van der Waals surface area contributed by atoms with E-state index in [-0.39, 0.29) is 12.0 Å². The molecule has 1 aliphatic heterocycles. The maximum absolute atomic E-state index is 11.4. The van der Waals surface area contributed by atoms with E-state index in [9.17, 15) is 9.90 Å². The zero-order valence-electron chi connectivity index (χ0n) is 8.03. The van der Waals surface area contributed by atoms with Crippen molar-refractivity contribution in [2.45, 2.75) is 25.4 Å². The van der Waals surface area contributed by atoms with Gasteiger partial charge in [0.05, 0.1) is 6.10 Å². The van der Waals surface area contributed by atoms with Crippen molar-refractivity contribution in [3.8, 4) is 0 Å².